The number of rotatable bonds is 4. The summed E-state index contributed by atoms with van der Waals surface area (Å²) in [6.45, 7) is 4.70. The molecule has 46 heavy (non-hydrogen) atoms. The van der Waals surface area contributed by atoms with Crippen molar-refractivity contribution in [3.63, 3.8) is 0 Å². The van der Waals surface area contributed by atoms with Crippen molar-refractivity contribution in [2.24, 2.45) is 0 Å². The zero-order valence-corrected chi connectivity index (χ0v) is 26.7. The van der Waals surface area contributed by atoms with E-state index in [1.54, 1.807) is 0 Å². The van der Waals surface area contributed by atoms with Crippen molar-refractivity contribution in [1.82, 2.24) is 16.0 Å². The van der Waals surface area contributed by atoms with Crippen LogP contribution in [0.4, 0.5) is 0 Å². The zero-order chi connectivity index (χ0) is 30.8. The van der Waals surface area contributed by atoms with Crippen LogP contribution in [0.1, 0.15) is 60.2 Å². The molecule has 7 aromatic rings. The highest BCUT2D eigenvalue weighted by Gasteiger charge is 2.36. The summed E-state index contributed by atoms with van der Waals surface area (Å²) in [5.74, 6) is 0. The molecule has 0 radical (unpaired) electrons. The molecule has 2 unspecified atom stereocenters. The molecule has 4 heteroatoms. The Morgan fingerprint density at radius 3 is 1.72 bits per heavy atom. The van der Waals surface area contributed by atoms with Gasteiger partial charge in [-0.25, -0.2) is 0 Å². The summed E-state index contributed by atoms with van der Waals surface area (Å²) >= 11 is 1.89. The maximum atomic E-state index is 3.84. The fourth-order valence-corrected chi connectivity index (χ4v) is 8.84. The van der Waals surface area contributed by atoms with Gasteiger partial charge in [0.15, 0.2) is 0 Å². The Labute approximate surface area is 273 Å². The minimum absolute atomic E-state index is 0.00417. The minimum Gasteiger partial charge on any atom is -0.279 e. The monoisotopic (exact) mass is 613 g/mol. The topological polar surface area (TPSA) is 36.1 Å². The lowest BCUT2D eigenvalue weighted by Crippen LogP contribution is -2.54. The first-order valence-electron chi connectivity index (χ1n) is 16.1. The van der Waals surface area contributed by atoms with E-state index in [2.05, 4.69) is 169 Å². The lowest BCUT2D eigenvalue weighted by atomic mass is 9.82. The van der Waals surface area contributed by atoms with Gasteiger partial charge in [-0.1, -0.05) is 141 Å². The first-order chi connectivity index (χ1) is 22.5. The van der Waals surface area contributed by atoms with E-state index in [0.717, 1.165) is 0 Å². The second-order valence-electron chi connectivity index (χ2n) is 13.1. The molecule has 2 atom stereocenters. The highest BCUT2D eigenvalue weighted by molar-refractivity contribution is 7.25. The molecule has 0 saturated carbocycles. The smallest absolute Gasteiger partial charge is 0.0865 e. The molecule has 1 saturated heterocycles. The van der Waals surface area contributed by atoms with E-state index in [0.29, 0.717) is 0 Å². The van der Waals surface area contributed by atoms with E-state index in [1.165, 1.54) is 70.2 Å². The van der Waals surface area contributed by atoms with Gasteiger partial charge in [0.25, 0.3) is 0 Å². The van der Waals surface area contributed by atoms with Crippen LogP contribution in [0.25, 0.3) is 42.4 Å². The second-order valence-corrected chi connectivity index (χ2v) is 14.2. The van der Waals surface area contributed by atoms with Crippen LogP contribution in [0.15, 0.2) is 140 Å². The quantitative estimate of drug-likeness (QED) is 0.185. The van der Waals surface area contributed by atoms with Gasteiger partial charge in [0, 0.05) is 25.6 Å². The third-order valence-electron chi connectivity index (χ3n) is 10.0. The fraction of sp³-hybridized carbons (Fsp3) is 0.143. The first kappa shape index (κ1) is 27.7. The predicted octanol–water partition coefficient (Wildman–Crippen LogP) is 10.2. The molecule has 1 aliphatic heterocycles. The number of fused-ring (bicyclic) bond motifs is 6. The molecule has 0 bridgehead atoms. The van der Waals surface area contributed by atoms with Gasteiger partial charge in [-0.2, -0.15) is 0 Å². The summed E-state index contributed by atoms with van der Waals surface area (Å²) in [4.78, 5) is 0. The average Bonchev–Trinajstić information content (AvgIpc) is 3.60. The maximum Gasteiger partial charge on any atom is 0.0865 e. The van der Waals surface area contributed by atoms with Crippen molar-refractivity contribution in [1.29, 1.82) is 0 Å². The molecule has 1 aromatic heterocycles. The summed E-state index contributed by atoms with van der Waals surface area (Å²) in [6, 6.07) is 51.1. The Balaban J connectivity index is 1.10. The van der Waals surface area contributed by atoms with E-state index < -0.39 is 0 Å². The van der Waals surface area contributed by atoms with E-state index in [-0.39, 0.29) is 23.9 Å². The fourth-order valence-electron chi connectivity index (χ4n) is 7.65. The number of thiophene rings is 1. The summed E-state index contributed by atoms with van der Waals surface area (Å²) in [5.41, 5.74) is 11.9. The van der Waals surface area contributed by atoms with Gasteiger partial charge in [0.05, 0.1) is 18.5 Å². The van der Waals surface area contributed by atoms with Gasteiger partial charge >= 0.3 is 0 Å². The molecule has 6 aromatic carbocycles. The van der Waals surface area contributed by atoms with Crippen molar-refractivity contribution >= 4 is 31.5 Å². The summed E-state index contributed by atoms with van der Waals surface area (Å²) in [6.07, 6.45) is 0.0132. The van der Waals surface area contributed by atoms with Gasteiger partial charge in [-0.15, -0.1) is 11.3 Å². The third-order valence-corrected chi connectivity index (χ3v) is 11.1. The van der Waals surface area contributed by atoms with E-state index >= 15 is 0 Å². The molecule has 1 aliphatic carbocycles. The van der Waals surface area contributed by atoms with E-state index in [1.807, 2.05) is 11.3 Å². The Morgan fingerprint density at radius 1 is 0.478 bits per heavy atom. The Hall–Kier alpha value is -4.58. The normalized spacial score (nSPS) is 20.1. The lowest BCUT2D eigenvalue weighted by Gasteiger charge is -2.39. The van der Waals surface area contributed by atoms with Crippen molar-refractivity contribution < 1.29 is 0 Å². The molecule has 3 N–H and O–H groups in total. The minimum atomic E-state index is -0.0165. The van der Waals surface area contributed by atoms with Gasteiger partial charge in [0.1, 0.15) is 0 Å². The Morgan fingerprint density at radius 2 is 1.02 bits per heavy atom. The first-order valence-corrected chi connectivity index (χ1v) is 16.9. The molecule has 0 amide bonds. The molecular formula is C42H35N3S. The SMILES string of the molecule is CC1(C)c2ccccc2-c2c(-c3ccc4c(c3)sc3cc(C5NC(c6ccccc6)NC(c6ccccc6)N5)ccc34)cccc21. The van der Waals surface area contributed by atoms with Crippen LogP contribution in [-0.4, -0.2) is 0 Å². The molecule has 0 spiro atoms. The standard InChI is InChI=1S/C42H35N3S/c1-42(2)34-18-10-9-16-33(34)38-30(17-11-19-35(38)42)28-20-22-31-32-23-21-29(25-37(32)46-36(31)24-28)41-44-39(26-12-5-3-6-13-26)43-40(45-41)27-14-7-4-8-15-27/h3-25,39-41,43-45H,1-2H3. The summed E-state index contributed by atoms with van der Waals surface area (Å²) in [7, 11) is 0. The zero-order valence-electron chi connectivity index (χ0n) is 25.9. The van der Waals surface area contributed by atoms with Gasteiger partial charge in [-0.3, -0.25) is 16.0 Å². The molecule has 224 valence electrons. The Bertz CT molecular complexity index is 2190. The summed E-state index contributed by atoms with van der Waals surface area (Å²) < 4.78 is 2.63. The van der Waals surface area contributed by atoms with Crippen LogP contribution in [0, 0.1) is 0 Å². The molecule has 9 rings (SSSR count). The third kappa shape index (κ3) is 4.44. The number of hydrogen-bond acceptors (Lipinski definition) is 4. The Kier molecular flexibility index (Phi) is 6.48. The van der Waals surface area contributed by atoms with Crippen LogP contribution in [0.3, 0.4) is 0 Å². The molecule has 2 aliphatic rings. The highest BCUT2D eigenvalue weighted by Crippen LogP contribution is 2.52. The van der Waals surface area contributed by atoms with Gasteiger partial charge < -0.3 is 0 Å². The average molecular weight is 614 g/mol. The van der Waals surface area contributed by atoms with Crippen LogP contribution in [0.5, 0.6) is 0 Å². The number of benzene rings is 6. The molecule has 1 fully saturated rings. The van der Waals surface area contributed by atoms with Crippen molar-refractivity contribution in [3.05, 3.63) is 167 Å². The van der Waals surface area contributed by atoms with Crippen LogP contribution in [-0.2, 0) is 5.41 Å². The number of nitrogens with one attached hydrogen (secondary N) is 3. The van der Waals surface area contributed by atoms with Gasteiger partial charge in [0.2, 0.25) is 0 Å². The molecule has 2 heterocycles. The van der Waals surface area contributed by atoms with Crippen LogP contribution in [0.2, 0.25) is 0 Å². The van der Waals surface area contributed by atoms with Crippen LogP contribution < -0.4 is 16.0 Å². The van der Waals surface area contributed by atoms with Crippen molar-refractivity contribution in [3.8, 4) is 22.3 Å². The molecule has 3 nitrogen and oxygen atoms in total. The van der Waals surface area contributed by atoms with Crippen LogP contribution >= 0.6 is 11.3 Å². The van der Waals surface area contributed by atoms with Crippen molar-refractivity contribution in [2.75, 3.05) is 0 Å². The lowest BCUT2D eigenvalue weighted by molar-refractivity contribution is 0.203. The highest BCUT2D eigenvalue weighted by atomic mass is 32.1. The van der Waals surface area contributed by atoms with E-state index in [9.17, 15) is 0 Å². The molecular weight excluding hydrogens is 579 g/mol. The largest absolute Gasteiger partial charge is 0.279 e. The predicted molar refractivity (Wildman–Crippen MR) is 193 cm³/mol. The van der Waals surface area contributed by atoms with Crippen molar-refractivity contribution in [2.45, 2.75) is 37.8 Å². The number of hydrogen-bond donors (Lipinski definition) is 3. The van der Waals surface area contributed by atoms with E-state index in [4.69, 9.17) is 0 Å². The second kappa shape index (κ2) is 10.8. The summed E-state index contributed by atoms with van der Waals surface area (Å²) in [5, 5.41) is 14.1. The maximum absolute atomic E-state index is 3.84. The van der Waals surface area contributed by atoms with Gasteiger partial charge in [-0.05, 0) is 62.2 Å².